The summed E-state index contributed by atoms with van der Waals surface area (Å²) in [5, 5.41) is 23.0. The van der Waals surface area contributed by atoms with Crippen LogP contribution in [0.3, 0.4) is 0 Å². The molecule has 1 aromatic carbocycles. The number of carbonyl (C=O) groups is 1. The van der Waals surface area contributed by atoms with E-state index in [0.29, 0.717) is 12.4 Å². The van der Waals surface area contributed by atoms with Crippen LogP contribution < -0.4 is 14.8 Å². The molecule has 132 valence electrons. The maximum absolute atomic E-state index is 12.4. The van der Waals surface area contributed by atoms with Gasteiger partial charge in [-0.15, -0.1) is 11.3 Å². The zero-order chi connectivity index (χ0) is 18.7. The number of nitrogens with zero attached hydrogens (tertiary/aromatic N) is 2. The molecule has 0 unspecified atom stereocenters. The zero-order valence-electron chi connectivity index (χ0n) is 13.6. The molecule has 9 heteroatoms. The minimum absolute atomic E-state index is 0.0623. The number of carbonyl (C=O) groups excluding carboxylic acids is 1. The predicted octanol–water partition coefficient (Wildman–Crippen LogP) is 3.28. The topological polar surface area (TPSA) is 114 Å². The average Bonchev–Trinajstić information content (AvgIpc) is 3.03. The summed E-state index contributed by atoms with van der Waals surface area (Å²) in [5.41, 5.74) is -0.560. The Balaban J connectivity index is 1.91. The van der Waals surface area contributed by atoms with Gasteiger partial charge in [0, 0.05) is 15.8 Å². The van der Waals surface area contributed by atoms with Crippen LogP contribution in [0, 0.1) is 28.4 Å². The number of nitrogens with one attached hydrogen (secondary N) is 1. The summed E-state index contributed by atoms with van der Waals surface area (Å²) < 4.78 is 10.7. The molecule has 0 spiro atoms. The average molecular weight is 371 g/mol. The van der Waals surface area contributed by atoms with Gasteiger partial charge in [0.05, 0.1) is 11.0 Å². The van der Waals surface area contributed by atoms with Gasteiger partial charge in [-0.25, -0.2) is 0 Å². The van der Waals surface area contributed by atoms with Crippen LogP contribution in [-0.2, 0) is 4.79 Å². The van der Waals surface area contributed by atoms with Gasteiger partial charge in [0.25, 0.3) is 11.6 Å². The summed E-state index contributed by atoms with van der Waals surface area (Å²) >= 11 is 1.43. The standard InChI is InChI=1S/C17H13N3O5S/c1-10-2-3-12(26-10)6-11(9-18)17(21)19-13-7-15-16(25-5-4-24-15)8-14(13)20(22)23/h2-3,6-8H,4-5H2,1H3,(H,19,21)/b11-6+. The lowest BCUT2D eigenvalue weighted by atomic mass is 10.2. The Morgan fingerprint density at radius 1 is 1.35 bits per heavy atom. The molecule has 8 nitrogen and oxygen atoms in total. The van der Waals surface area contributed by atoms with Gasteiger partial charge >= 0.3 is 0 Å². The number of anilines is 1. The lowest BCUT2D eigenvalue weighted by Crippen LogP contribution is -2.18. The van der Waals surface area contributed by atoms with Gasteiger partial charge in [-0.2, -0.15) is 5.26 Å². The number of fused-ring (bicyclic) bond motifs is 1. The van der Waals surface area contributed by atoms with E-state index in [9.17, 15) is 20.2 Å². The minimum Gasteiger partial charge on any atom is -0.486 e. The number of nitro benzene ring substituents is 1. The van der Waals surface area contributed by atoms with Crippen molar-refractivity contribution < 1.29 is 19.2 Å². The molecule has 2 heterocycles. The molecule has 2 aromatic rings. The second kappa shape index (κ2) is 7.25. The Labute approximate surface area is 152 Å². The number of hydrogen-bond donors (Lipinski definition) is 1. The first-order chi connectivity index (χ1) is 12.5. The summed E-state index contributed by atoms with van der Waals surface area (Å²) in [7, 11) is 0. The van der Waals surface area contributed by atoms with E-state index in [1.54, 1.807) is 6.07 Å². The SMILES string of the molecule is Cc1ccc(/C=C(\C#N)C(=O)Nc2cc3c(cc2[N+](=O)[O-])OCCO3)s1. The fourth-order valence-electron chi connectivity index (χ4n) is 2.34. The number of rotatable bonds is 4. The number of thiophene rings is 1. The molecule has 0 aliphatic carbocycles. The Kier molecular flexibility index (Phi) is 4.86. The Bertz CT molecular complexity index is 958. The van der Waals surface area contributed by atoms with Crippen LogP contribution in [0.5, 0.6) is 11.5 Å². The maximum atomic E-state index is 12.4. The lowest BCUT2D eigenvalue weighted by Gasteiger charge is -2.19. The van der Waals surface area contributed by atoms with Gasteiger partial charge in [-0.3, -0.25) is 14.9 Å². The van der Waals surface area contributed by atoms with E-state index >= 15 is 0 Å². The third-order valence-corrected chi connectivity index (χ3v) is 4.47. The van der Waals surface area contributed by atoms with Crippen molar-refractivity contribution in [2.24, 2.45) is 0 Å². The monoisotopic (exact) mass is 371 g/mol. The number of nitro groups is 1. The quantitative estimate of drug-likeness (QED) is 0.382. The molecular formula is C17H13N3O5S. The van der Waals surface area contributed by atoms with Crippen LogP contribution in [0.4, 0.5) is 11.4 Å². The highest BCUT2D eigenvalue weighted by molar-refractivity contribution is 7.12. The Morgan fingerprint density at radius 3 is 2.62 bits per heavy atom. The first-order valence-corrected chi connectivity index (χ1v) is 8.37. The first-order valence-electron chi connectivity index (χ1n) is 7.55. The van der Waals surface area contributed by atoms with Crippen LogP contribution in [0.1, 0.15) is 9.75 Å². The fraction of sp³-hybridized carbons (Fsp3) is 0.176. The molecule has 0 saturated carbocycles. The van der Waals surface area contributed by atoms with Crippen molar-refractivity contribution in [3.05, 3.63) is 49.7 Å². The van der Waals surface area contributed by atoms with Crippen molar-refractivity contribution >= 4 is 34.7 Å². The molecule has 0 fully saturated rings. The molecule has 1 aromatic heterocycles. The number of amides is 1. The maximum Gasteiger partial charge on any atom is 0.296 e. The fourth-order valence-corrected chi connectivity index (χ4v) is 3.16. The normalized spacial score (nSPS) is 13.0. The lowest BCUT2D eigenvalue weighted by molar-refractivity contribution is -0.384. The van der Waals surface area contributed by atoms with Crippen LogP contribution in [0.15, 0.2) is 29.8 Å². The summed E-state index contributed by atoms with van der Waals surface area (Å²) in [6.07, 6.45) is 1.44. The summed E-state index contributed by atoms with van der Waals surface area (Å²) in [6.45, 7) is 2.50. The number of nitriles is 1. The zero-order valence-corrected chi connectivity index (χ0v) is 14.5. The van der Waals surface area contributed by atoms with Gasteiger partial charge in [-0.05, 0) is 25.1 Å². The molecule has 0 atom stereocenters. The molecule has 0 saturated heterocycles. The second-order valence-electron chi connectivity index (χ2n) is 5.34. The van der Waals surface area contributed by atoms with Gasteiger partial charge < -0.3 is 14.8 Å². The molecule has 1 aliphatic heterocycles. The van der Waals surface area contributed by atoms with Crippen molar-refractivity contribution in [3.63, 3.8) is 0 Å². The number of benzene rings is 1. The van der Waals surface area contributed by atoms with E-state index < -0.39 is 10.8 Å². The molecule has 0 bridgehead atoms. The van der Waals surface area contributed by atoms with Crippen LogP contribution in [-0.4, -0.2) is 24.0 Å². The highest BCUT2D eigenvalue weighted by Gasteiger charge is 2.24. The smallest absolute Gasteiger partial charge is 0.296 e. The number of hydrogen-bond acceptors (Lipinski definition) is 7. The summed E-state index contributed by atoms with van der Waals surface area (Å²) in [5.74, 6) is -0.196. The van der Waals surface area contributed by atoms with E-state index in [-0.39, 0.29) is 29.3 Å². The molecule has 26 heavy (non-hydrogen) atoms. The molecule has 1 amide bonds. The second-order valence-corrected chi connectivity index (χ2v) is 6.66. The van der Waals surface area contributed by atoms with Gasteiger partial charge in [0.1, 0.15) is 30.5 Å². The third-order valence-electron chi connectivity index (χ3n) is 3.52. The number of ether oxygens (including phenoxy) is 2. The van der Waals surface area contributed by atoms with Gasteiger partial charge in [0.2, 0.25) is 0 Å². The van der Waals surface area contributed by atoms with Crippen molar-refractivity contribution in [2.75, 3.05) is 18.5 Å². The van der Waals surface area contributed by atoms with Crippen molar-refractivity contribution in [3.8, 4) is 17.6 Å². The molecule has 1 N–H and O–H groups in total. The highest BCUT2D eigenvalue weighted by atomic mass is 32.1. The minimum atomic E-state index is -0.738. The van der Waals surface area contributed by atoms with E-state index in [2.05, 4.69) is 5.32 Å². The first kappa shape index (κ1) is 17.4. The molecule has 0 radical (unpaired) electrons. The van der Waals surface area contributed by atoms with Crippen molar-refractivity contribution in [1.29, 1.82) is 5.26 Å². The third kappa shape index (κ3) is 3.65. The Morgan fingerprint density at radius 2 is 2.04 bits per heavy atom. The van der Waals surface area contributed by atoms with E-state index in [4.69, 9.17) is 9.47 Å². The van der Waals surface area contributed by atoms with Crippen LogP contribution in [0.25, 0.3) is 6.08 Å². The Hall–Kier alpha value is -3.38. The highest BCUT2D eigenvalue weighted by Crippen LogP contribution is 2.39. The summed E-state index contributed by atoms with van der Waals surface area (Å²) in [6, 6.07) is 8.00. The molecular weight excluding hydrogens is 358 g/mol. The molecule has 3 rings (SSSR count). The molecule has 1 aliphatic rings. The van der Waals surface area contributed by atoms with E-state index in [0.717, 1.165) is 9.75 Å². The van der Waals surface area contributed by atoms with Gasteiger partial charge in [0.15, 0.2) is 11.5 Å². The van der Waals surface area contributed by atoms with Crippen LogP contribution in [0.2, 0.25) is 0 Å². The van der Waals surface area contributed by atoms with E-state index in [1.807, 2.05) is 19.1 Å². The van der Waals surface area contributed by atoms with E-state index in [1.165, 1.54) is 29.5 Å². The van der Waals surface area contributed by atoms with Crippen molar-refractivity contribution in [2.45, 2.75) is 6.92 Å². The predicted molar refractivity (Wildman–Crippen MR) is 95.4 cm³/mol. The van der Waals surface area contributed by atoms with Crippen molar-refractivity contribution in [1.82, 2.24) is 0 Å². The summed E-state index contributed by atoms with van der Waals surface area (Å²) in [4.78, 5) is 24.9. The largest absolute Gasteiger partial charge is 0.486 e. The number of aryl methyl sites for hydroxylation is 1. The van der Waals surface area contributed by atoms with Gasteiger partial charge in [-0.1, -0.05) is 0 Å². The van der Waals surface area contributed by atoms with Crippen LogP contribution >= 0.6 is 11.3 Å².